The van der Waals surface area contributed by atoms with Crippen LogP contribution in [0.5, 0.6) is 11.5 Å². The molecule has 0 bridgehead atoms. The van der Waals surface area contributed by atoms with Gasteiger partial charge < -0.3 is 9.47 Å². The van der Waals surface area contributed by atoms with E-state index in [-0.39, 0.29) is 15.6 Å². The molecule has 0 radical (unpaired) electrons. The van der Waals surface area contributed by atoms with Crippen LogP contribution in [0.25, 0.3) is 0 Å². The molecule has 0 spiro atoms. The summed E-state index contributed by atoms with van der Waals surface area (Å²) in [6.45, 7) is 0.560. The highest BCUT2D eigenvalue weighted by Crippen LogP contribution is 2.43. The minimum atomic E-state index is -4.70. The van der Waals surface area contributed by atoms with E-state index in [0.717, 1.165) is 18.2 Å². The lowest BCUT2D eigenvalue weighted by molar-refractivity contribution is -0.274. The second-order valence-corrected chi connectivity index (χ2v) is 6.33. The van der Waals surface area contributed by atoms with Crippen LogP contribution in [-0.2, 0) is 0 Å². The SMILES string of the molecule is FC(F)(F)Oc1ccc(OCC2(CBr)CCC2)cc1Br. The summed E-state index contributed by atoms with van der Waals surface area (Å²) < 4.78 is 46.2. The van der Waals surface area contributed by atoms with Gasteiger partial charge in [0, 0.05) is 10.7 Å². The van der Waals surface area contributed by atoms with Gasteiger partial charge in [0.05, 0.1) is 11.1 Å². The molecule has 0 aliphatic heterocycles. The van der Waals surface area contributed by atoms with Gasteiger partial charge in [-0.15, -0.1) is 13.2 Å². The highest BCUT2D eigenvalue weighted by atomic mass is 79.9. The molecule has 1 fully saturated rings. The van der Waals surface area contributed by atoms with E-state index in [1.807, 2.05) is 0 Å². The van der Waals surface area contributed by atoms with Crippen molar-refractivity contribution in [3.8, 4) is 11.5 Å². The standard InChI is InChI=1S/C13H13Br2F3O2/c14-7-12(4-1-5-12)8-19-9-2-3-11(10(15)6-9)20-13(16,17)18/h2-3,6H,1,4-5,7-8H2. The Morgan fingerprint density at radius 3 is 2.40 bits per heavy atom. The van der Waals surface area contributed by atoms with E-state index in [4.69, 9.17) is 4.74 Å². The number of rotatable bonds is 5. The molecule has 0 unspecified atom stereocenters. The maximum Gasteiger partial charge on any atom is 0.573 e. The second kappa shape index (κ2) is 6.13. The van der Waals surface area contributed by atoms with Crippen LogP contribution in [0.1, 0.15) is 19.3 Å². The summed E-state index contributed by atoms with van der Waals surface area (Å²) in [7, 11) is 0. The first kappa shape index (κ1) is 15.9. The molecule has 0 N–H and O–H groups in total. The molecule has 2 nitrogen and oxygen atoms in total. The topological polar surface area (TPSA) is 18.5 Å². The predicted octanol–water partition coefficient (Wildman–Crippen LogP) is 5.29. The number of hydrogen-bond donors (Lipinski definition) is 0. The maximum absolute atomic E-state index is 12.1. The van der Waals surface area contributed by atoms with Crippen molar-refractivity contribution in [3.63, 3.8) is 0 Å². The monoisotopic (exact) mass is 416 g/mol. The zero-order valence-electron chi connectivity index (χ0n) is 10.5. The molecule has 0 amide bonds. The molecule has 20 heavy (non-hydrogen) atoms. The smallest absolute Gasteiger partial charge is 0.493 e. The zero-order chi connectivity index (χ0) is 14.8. The highest BCUT2D eigenvalue weighted by Gasteiger charge is 2.37. The summed E-state index contributed by atoms with van der Waals surface area (Å²) in [6, 6.07) is 4.21. The molecule has 7 heteroatoms. The van der Waals surface area contributed by atoms with E-state index in [1.54, 1.807) is 0 Å². The first-order chi connectivity index (χ1) is 9.34. The summed E-state index contributed by atoms with van der Waals surface area (Å²) in [6.07, 6.45) is -1.29. The van der Waals surface area contributed by atoms with Gasteiger partial charge in [-0.1, -0.05) is 22.4 Å². The van der Waals surface area contributed by atoms with Crippen molar-refractivity contribution in [1.29, 1.82) is 0 Å². The largest absolute Gasteiger partial charge is 0.573 e. The minimum absolute atomic E-state index is 0.160. The predicted molar refractivity (Wildman–Crippen MR) is 76.4 cm³/mol. The molecule has 1 aliphatic rings. The lowest BCUT2D eigenvalue weighted by Gasteiger charge is -2.39. The molecule has 1 aromatic carbocycles. The lowest BCUT2D eigenvalue weighted by Crippen LogP contribution is -2.37. The van der Waals surface area contributed by atoms with Gasteiger partial charge >= 0.3 is 6.36 Å². The van der Waals surface area contributed by atoms with E-state index < -0.39 is 6.36 Å². The van der Waals surface area contributed by atoms with E-state index in [1.165, 1.54) is 24.6 Å². The van der Waals surface area contributed by atoms with E-state index in [2.05, 4.69) is 36.6 Å². The summed E-state index contributed by atoms with van der Waals surface area (Å²) in [5.41, 5.74) is 0.160. The normalized spacial score (nSPS) is 17.4. The first-order valence-electron chi connectivity index (χ1n) is 6.08. The van der Waals surface area contributed by atoms with Crippen molar-refractivity contribution in [2.75, 3.05) is 11.9 Å². The van der Waals surface area contributed by atoms with Crippen LogP contribution >= 0.6 is 31.9 Å². The highest BCUT2D eigenvalue weighted by molar-refractivity contribution is 9.10. The Balaban J connectivity index is 1.98. The van der Waals surface area contributed by atoms with Crippen molar-refractivity contribution >= 4 is 31.9 Å². The number of ether oxygens (including phenoxy) is 2. The van der Waals surface area contributed by atoms with Crippen LogP contribution in [-0.4, -0.2) is 18.3 Å². The molecule has 0 saturated heterocycles. The summed E-state index contributed by atoms with van der Waals surface area (Å²) in [5.74, 6) is 0.252. The van der Waals surface area contributed by atoms with Crippen LogP contribution < -0.4 is 9.47 Å². The van der Waals surface area contributed by atoms with Gasteiger partial charge in [-0.25, -0.2) is 0 Å². The molecular weight excluding hydrogens is 405 g/mol. The summed E-state index contributed by atoms with van der Waals surface area (Å²) >= 11 is 6.54. The van der Waals surface area contributed by atoms with Gasteiger partial charge in [0.15, 0.2) is 0 Å². The lowest BCUT2D eigenvalue weighted by atomic mass is 9.71. The van der Waals surface area contributed by atoms with Crippen LogP contribution in [0.3, 0.4) is 0 Å². The van der Waals surface area contributed by atoms with E-state index in [0.29, 0.717) is 12.4 Å². The fourth-order valence-corrected chi connectivity index (χ4v) is 3.17. The Bertz CT molecular complexity index is 468. The molecule has 0 aromatic heterocycles. The maximum atomic E-state index is 12.1. The molecule has 112 valence electrons. The Labute approximate surface area is 131 Å². The fraction of sp³-hybridized carbons (Fsp3) is 0.538. The van der Waals surface area contributed by atoms with Crippen LogP contribution in [0, 0.1) is 5.41 Å². The Kier molecular flexibility index (Phi) is 4.89. The third kappa shape index (κ3) is 4.04. The number of hydrogen-bond acceptors (Lipinski definition) is 2. The average molecular weight is 418 g/mol. The summed E-state index contributed by atoms with van der Waals surface area (Å²) in [4.78, 5) is 0. The van der Waals surface area contributed by atoms with Crippen LogP contribution in [0.4, 0.5) is 13.2 Å². The van der Waals surface area contributed by atoms with Crippen molar-refractivity contribution in [1.82, 2.24) is 0 Å². The number of benzene rings is 1. The molecule has 0 heterocycles. The quantitative estimate of drug-likeness (QED) is 0.606. The van der Waals surface area contributed by atoms with E-state index in [9.17, 15) is 13.2 Å². The van der Waals surface area contributed by atoms with Gasteiger partial charge in [0.25, 0.3) is 0 Å². The molecular formula is C13H13Br2F3O2. The molecule has 2 rings (SSSR count). The third-order valence-electron chi connectivity index (χ3n) is 3.37. The second-order valence-electron chi connectivity index (χ2n) is 4.92. The zero-order valence-corrected chi connectivity index (χ0v) is 13.6. The average Bonchev–Trinajstić information content (AvgIpc) is 2.30. The summed E-state index contributed by atoms with van der Waals surface area (Å²) in [5, 5.41) is 0.871. The third-order valence-corrected chi connectivity index (χ3v) is 5.18. The molecule has 1 aliphatic carbocycles. The number of alkyl halides is 4. The Hall–Kier alpha value is -0.430. The molecule has 1 saturated carbocycles. The molecule has 0 atom stereocenters. The van der Waals surface area contributed by atoms with Gasteiger partial charge in [0.1, 0.15) is 11.5 Å². The Morgan fingerprint density at radius 1 is 1.25 bits per heavy atom. The van der Waals surface area contributed by atoms with Crippen molar-refractivity contribution in [2.24, 2.45) is 5.41 Å². The van der Waals surface area contributed by atoms with Crippen molar-refractivity contribution in [2.45, 2.75) is 25.6 Å². The minimum Gasteiger partial charge on any atom is -0.493 e. The van der Waals surface area contributed by atoms with Crippen molar-refractivity contribution < 1.29 is 22.6 Å². The van der Waals surface area contributed by atoms with Gasteiger partial charge in [-0.2, -0.15) is 0 Å². The van der Waals surface area contributed by atoms with E-state index >= 15 is 0 Å². The fourth-order valence-electron chi connectivity index (χ4n) is 2.01. The number of halogens is 5. The van der Waals surface area contributed by atoms with Gasteiger partial charge in [0.2, 0.25) is 0 Å². The molecule has 1 aromatic rings. The first-order valence-corrected chi connectivity index (χ1v) is 7.99. The van der Waals surface area contributed by atoms with Crippen LogP contribution in [0.2, 0.25) is 0 Å². The van der Waals surface area contributed by atoms with Gasteiger partial charge in [-0.3, -0.25) is 0 Å². The van der Waals surface area contributed by atoms with Gasteiger partial charge in [-0.05, 0) is 47.0 Å². The Morgan fingerprint density at radius 2 is 1.95 bits per heavy atom. The van der Waals surface area contributed by atoms with Crippen molar-refractivity contribution in [3.05, 3.63) is 22.7 Å². The van der Waals surface area contributed by atoms with Crippen LogP contribution in [0.15, 0.2) is 22.7 Å².